The van der Waals surface area contributed by atoms with Gasteiger partial charge >= 0.3 is 0 Å². The quantitative estimate of drug-likeness (QED) is 0.607. The maximum Gasteiger partial charge on any atom is 0.278 e. The predicted molar refractivity (Wildman–Crippen MR) is 70.5 cm³/mol. The number of ether oxygens (including phenoxy) is 2. The Morgan fingerprint density at radius 1 is 1.37 bits per heavy atom. The Morgan fingerprint density at radius 3 is 2.53 bits per heavy atom. The van der Waals surface area contributed by atoms with Gasteiger partial charge < -0.3 is 14.6 Å². The zero-order valence-electron chi connectivity index (χ0n) is 11.4. The van der Waals surface area contributed by atoms with Gasteiger partial charge in [-0.25, -0.2) is 0 Å². The Balaban J connectivity index is 3.01. The predicted octanol–water partition coefficient (Wildman–Crippen LogP) is 2.52. The Morgan fingerprint density at radius 2 is 2.05 bits per heavy atom. The SMILES string of the molecule is COc1cc(CO)c([N+](=O)[O-])cc1OCCC(C)C. The minimum Gasteiger partial charge on any atom is -0.493 e. The van der Waals surface area contributed by atoms with Gasteiger partial charge in [0.25, 0.3) is 5.69 Å². The topological polar surface area (TPSA) is 81.8 Å². The number of rotatable bonds is 7. The van der Waals surface area contributed by atoms with Gasteiger partial charge in [-0.1, -0.05) is 13.8 Å². The Hall–Kier alpha value is -1.82. The average Bonchev–Trinajstić information content (AvgIpc) is 2.37. The molecule has 1 aromatic carbocycles. The summed E-state index contributed by atoms with van der Waals surface area (Å²) in [6.07, 6.45) is 0.846. The molecule has 0 spiro atoms. The van der Waals surface area contributed by atoms with E-state index in [1.807, 2.05) is 0 Å². The fraction of sp³-hybridized carbons (Fsp3) is 0.538. The number of aliphatic hydroxyl groups is 1. The first kappa shape index (κ1) is 15.2. The molecular formula is C13H19NO5. The van der Waals surface area contributed by atoms with Crippen molar-refractivity contribution in [2.75, 3.05) is 13.7 Å². The molecule has 0 fully saturated rings. The van der Waals surface area contributed by atoms with Crippen molar-refractivity contribution in [1.29, 1.82) is 0 Å². The fourth-order valence-corrected chi connectivity index (χ4v) is 1.56. The Labute approximate surface area is 112 Å². The molecule has 1 aromatic rings. The lowest BCUT2D eigenvalue weighted by Gasteiger charge is -2.13. The van der Waals surface area contributed by atoms with Gasteiger partial charge in [0.2, 0.25) is 0 Å². The van der Waals surface area contributed by atoms with E-state index in [9.17, 15) is 10.1 Å². The van der Waals surface area contributed by atoms with E-state index >= 15 is 0 Å². The second-order valence-electron chi connectivity index (χ2n) is 4.58. The van der Waals surface area contributed by atoms with Crippen molar-refractivity contribution in [3.8, 4) is 11.5 Å². The smallest absolute Gasteiger partial charge is 0.278 e. The summed E-state index contributed by atoms with van der Waals surface area (Å²) in [4.78, 5) is 10.4. The van der Waals surface area contributed by atoms with Crippen molar-refractivity contribution >= 4 is 5.69 Å². The van der Waals surface area contributed by atoms with Crippen LogP contribution in [0.5, 0.6) is 11.5 Å². The van der Waals surface area contributed by atoms with Crippen LogP contribution in [0.15, 0.2) is 12.1 Å². The molecule has 106 valence electrons. The maximum absolute atomic E-state index is 10.9. The van der Waals surface area contributed by atoms with E-state index in [-0.39, 0.29) is 11.3 Å². The van der Waals surface area contributed by atoms with E-state index in [1.54, 1.807) is 0 Å². The van der Waals surface area contributed by atoms with E-state index in [0.29, 0.717) is 24.0 Å². The van der Waals surface area contributed by atoms with Gasteiger partial charge in [0, 0.05) is 0 Å². The highest BCUT2D eigenvalue weighted by Crippen LogP contribution is 2.34. The summed E-state index contributed by atoms with van der Waals surface area (Å²) in [6.45, 7) is 4.18. The largest absolute Gasteiger partial charge is 0.493 e. The zero-order chi connectivity index (χ0) is 14.4. The molecule has 6 heteroatoms. The molecule has 6 nitrogen and oxygen atoms in total. The maximum atomic E-state index is 10.9. The van der Waals surface area contributed by atoms with Crippen molar-refractivity contribution in [3.05, 3.63) is 27.8 Å². The zero-order valence-corrected chi connectivity index (χ0v) is 11.4. The molecule has 0 amide bonds. The molecule has 19 heavy (non-hydrogen) atoms. The third-order valence-corrected chi connectivity index (χ3v) is 2.68. The Bertz CT molecular complexity index is 445. The van der Waals surface area contributed by atoms with Crippen LogP contribution in [-0.4, -0.2) is 23.7 Å². The molecule has 0 aliphatic carbocycles. The van der Waals surface area contributed by atoms with E-state index < -0.39 is 11.5 Å². The number of hydrogen-bond acceptors (Lipinski definition) is 5. The molecule has 1 N–H and O–H groups in total. The number of hydrogen-bond donors (Lipinski definition) is 1. The number of nitro benzene ring substituents is 1. The van der Waals surface area contributed by atoms with Gasteiger partial charge in [-0.05, 0) is 18.4 Å². The summed E-state index contributed by atoms with van der Waals surface area (Å²) in [5, 5.41) is 20.0. The molecule has 0 heterocycles. The second-order valence-corrected chi connectivity index (χ2v) is 4.58. The molecule has 0 atom stereocenters. The molecule has 0 saturated carbocycles. The lowest BCUT2D eigenvalue weighted by atomic mass is 10.1. The van der Waals surface area contributed by atoms with E-state index in [1.165, 1.54) is 19.2 Å². The first-order valence-electron chi connectivity index (χ1n) is 6.08. The summed E-state index contributed by atoms with van der Waals surface area (Å²) in [7, 11) is 1.46. The average molecular weight is 269 g/mol. The molecule has 0 aliphatic heterocycles. The third kappa shape index (κ3) is 4.10. The van der Waals surface area contributed by atoms with Crippen molar-refractivity contribution in [2.24, 2.45) is 5.92 Å². The van der Waals surface area contributed by atoms with Gasteiger partial charge in [-0.15, -0.1) is 0 Å². The molecule has 0 unspecified atom stereocenters. The summed E-state index contributed by atoms with van der Waals surface area (Å²) in [5.41, 5.74) is 0.0425. The van der Waals surface area contributed by atoms with Crippen LogP contribution in [0.1, 0.15) is 25.8 Å². The van der Waals surface area contributed by atoms with Gasteiger partial charge in [-0.3, -0.25) is 10.1 Å². The summed E-state index contributed by atoms with van der Waals surface area (Å²) in [5.74, 6) is 1.20. The summed E-state index contributed by atoms with van der Waals surface area (Å²) >= 11 is 0. The normalized spacial score (nSPS) is 10.6. The standard InChI is InChI=1S/C13H19NO5/c1-9(2)4-5-19-13-7-11(14(16)17)10(8-15)6-12(13)18-3/h6-7,9,15H,4-5,8H2,1-3H3. The van der Waals surface area contributed by atoms with Gasteiger partial charge in [0.05, 0.1) is 36.9 Å². The summed E-state index contributed by atoms with van der Waals surface area (Å²) < 4.78 is 10.6. The molecule has 0 saturated heterocycles. The summed E-state index contributed by atoms with van der Waals surface area (Å²) in [6, 6.07) is 2.73. The lowest BCUT2D eigenvalue weighted by Crippen LogP contribution is -2.04. The van der Waals surface area contributed by atoms with Crippen LogP contribution >= 0.6 is 0 Å². The molecule has 0 aliphatic rings. The number of aliphatic hydroxyl groups excluding tert-OH is 1. The van der Waals surface area contributed by atoms with Crippen LogP contribution in [-0.2, 0) is 6.61 Å². The van der Waals surface area contributed by atoms with Crippen LogP contribution in [0.2, 0.25) is 0 Å². The minimum atomic E-state index is -0.541. The van der Waals surface area contributed by atoms with Crippen molar-refractivity contribution in [1.82, 2.24) is 0 Å². The second kappa shape index (κ2) is 6.94. The highest BCUT2D eigenvalue weighted by Gasteiger charge is 2.19. The van der Waals surface area contributed by atoms with Crippen molar-refractivity contribution in [3.63, 3.8) is 0 Å². The van der Waals surface area contributed by atoms with Crippen molar-refractivity contribution < 1.29 is 19.5 Å². The Kier molecular flexibility index (Phi) is 5.57. The molecule has 0 bridgehead atoms. The van der Waals surface area contributed by atoms with Crippen LogP contribution in [0, 0.1) is 16.0 Å². The number of nitro groups is 1. The minimum absolute atomic E-state index is 0.164. The lowest BCUT2D eigenvalue weighted by molar-refractivity contribution is -0.385. The van der Waals surface area contributed by atoms with Gasteiger partial charge in [-0.2, -0.15) is 0 Å². The van der Waals surface area contributed by atoms with Crippen LogP contribution < -0.4 is 9.47 Å². The molecule has 0 radical (unpaired) electrons. The van der Waals surface area contributed by atoms with E-state index in [0.717, 1.165) is 6.42 Å². The van der Waals surface area contributed by atoms with E-state index in [4.69, 9.17) is 14.6 Å². The van der Waals surface area contributed by atoms with E-state index in [2.05, 4.69) is 13.8 Å². The highest BCUT2D eigenvalue weighted by atomic mass is 16.6. The van der Waals surface area contributed by atoms with Crippen molar-refractivity contribution in [2.45, 2.75) is 26.9 Å². The monoisotopic (exact) mass is 269 g/mol. The van der Waals surface area contributed by atoms with Crippen LogP contribution in [0.3, 0.4) is 0 Å². The first-order chi connectivity index (χ1) is 8.99. The fourth-order valence-electron chi connectivity index (χ4n) is 1.56. The molecule has 0 aromatic heterocycles. The number of methoxy groups -OCH3 is 1. The van der Waals surface area contributed by atoms with Gasteiger partial charge in [0.15, 0.2) is 11.5 Å². The highest BCUT2D eigenvalue weighted by molar-refractivity contribution is 5.54. The number of benzene rings is 1. The number of nitrogens with zero attached hydrogens (tertiary/aromatic N) is 1. The van der Waals surface area contributed by atoms with Crippen LogP contribution in [0.4, 0.5) is 5.69 Å². The molecule has 1 rings (SSSR count). The molecular weight excluding hydrogens is 250 g/mol. The van der Waals surface area contributed by atoms with Gasteiger partial charge in [0.1, 0.15) is 0 Å². The first-order valence-corrected chi connectivity index (χ1v) is 6.08. The van der Waals surface area contributed by atoms with Crippen LogP contribution in [0.25, 0.3) is 0 Å². The third-order valence-electron chi connectivity index (χ3n) is 2.68.